The number of hydrogen-bond acceptors (Lipinski definition) is 5. The standard InChI is InChI=1S/C35H35NO4/c1-39-30-16-24(10-12-29(30)40-34(38)35-17-20-13-21(18-35)15-22(14-20)19-35)33-32-26(7-4-8-28(32)37)31-25-6-3-2-5-23(25)9-11-27(31)36-33/h2-3,5-6,9-12,16,20-22,33,36H,4,7-8,13-15,17-19H2,1H3/t20?,21?,22?,33-,35?/m0/s1. The van der Waals surface area contributed by atoms with Gasteiger partial charge in [-0.1, -0.05) is 36.4 Å². The van der Waals surface area contributed by atoms with Crippen LogP contribution in [0.3, 0.4) is 0 Å². The lowest BCUT2D eigenvalue weighted by Crippen LogP contribution is -2.51. The van der Waals surface area contributed by atoms with E-state index in [9.17, 15) is 9.59 Å². The molecule has 5 heteroatoms. The molecule has 5 nitrogen and oxygen atoms in total. The van der Waals surface area contributed by atoms with Gasteiger partial charge in [-0.3, -0.25) is 9.59 Å². The topological polar surface area (TPSA) is 64.6 Å². The van der Waals surface area contributed by atoms with E-state index in [2.05, 4.69) is 41.7 Å². The van der Waals surface area contributed by atoms with E-state index in [0.717, 1.165) is 60.1 Å². The van der Waals surface area contributed by atoms with Crippen LogP contribution in [0.25, 0.3) is 16.3 Å². The number of hydrogen-bond donors (Lipinski definition) is 1. The number of anilines is 1. The molecule has 1 N–H and O–H groups in total. The number of carbonyl (C=O) groups is 2. The summed E-state index contributed by atoms with van der Waals surface area (Å²) in [6, 6.07) is 18.2. The Balaban J connectivity index is 1.14. The Kier molecular flexibility index (Phi) is 5.42. The SMILES string of the molecule is COc1cc([C@@H]2Nc3ccc4ccccc4c3C3=C2C(=O)CCC3)ccc1OC(=O)C12CC3CC(CC(C3)C1)C2. The van der Waals surface area contributed by atoms with Crippen molar-refractivity contribution in [2.45, 2.75) is 63.8 Å². The Hall–Kier alpha value is -3.60. The summed E-state index contributed by atoms with van der Waals surface area (Å²) in [7, 11) is 1.62. The number of fused-ring (bicyclic) bond motifs is 4. The lowest BCUT2D eigenvalue weighted by atomic mass is 9.49. The summed E-state index contributed by atoms with van der Waals surface area (Å²) < 4.78 is 11.9. The fourth-order valence-electron chi connectivity index (χ4n) is 9.17. The zero-order valence-corrected chi connectivity index (χ0v) is 23.0. The van der Waals surface area contributed by atoms with Crippen LogP contribution in [0.5, 0.6) is 11.5 Å². The number of nitrogens with one attached hydrogen (secondary N) is 1. The molecule has 0 spiro atoms. The van der Waals surface area contributed by atoms with Gasteiger partial charge in [-0.05, 0) is 109 Å². The first kappa shape index (κ1) is 24.2. The highest BCUT2D eigenvalue weighted by Crippen LogP contribution is 2.60. The minimum atomic E-state index is -0.329. The molecular weight excluding hydrogens is 498 g/mol. The number of Topliss-reactive ketones (excluding diaryl/α,β-unsaturated/α-hetero) is 1. The van der Waals surface area contributed by atoms with Crippen molar-refractivity contribution < 1.29 is 19.1 Å². The first-order valence-corrected chi connectivity index (χ1v) is 15.0. The van der Waals surface area contributed by atoms with Crippen LogP contribution in [0.15, 0.2) is 60.2 Å². The van der Waals surface area contributed by atoms with Gasteiger partial charge in [0.25, 0.3) is 0 Å². The Morgan fingerprint density at radius 1 is 0.900 bits per heavy atom. The minimum absolute atomic E-state index is 0.0818. The van der Waals surface area contributed by atoms with Crippen molar-refractivity contribution in [1.82, 2.24) is 0 Å². The van der Waals surface area contributed by atoms with Crippen LogP contribution in [0, 0.1) is 23.2 Å². The average molecular weight is 534 g/mol. The number of ether oxygens (including phenoxy) is 2. The molecule has 0 aromatic heterocycles. The van der Waals surface area contributed by atoms with Gasteiger partial charge in [0.1, 0.15) is 0 Å². The first-order chi connectivity index (χ1) is 19.5. The maximum atomic E-state index is 13.7. The van der Waals surface area contributed by atoms with Crippen LogP contribution in [0.1, 0.15) is 75.0 Å². The molecule has 4 bridgehead atoms. The summed E-state index contributed by atoms with van der Waals surface area (Å²) in [5.74, 6) is 3.16. The predicted octanol–water partition coefficient (Wildman–Crippen LogP) is 7.64. The summed E-state index contributed by atoms with van der Waals surface area (Å²) in [5.41, 5.74) is 4.83. The number of rotatable bonds is 4. The molecule has 40 heavy (non-hydrogen) atoms. The van der Waals surface area contributed by atoms with Crippen LogP contribution in [-0.2, 0) is 9.59 Å². The fraction of sp³-hybridized carbons (Fsp3) is 0.429. The third-order valence-electron chi connectivity index (χ3n) is 10.5. The van der Waals surface area contributed by atoms with Crippen molar-refractivity contribution >= 4 is 33.8 Å². The highest BCUT2D eigenvalue weighted by Gasteiger charge is 2.55. The van der Waals surface area contributed by atoms with Gasteiger partial charge >= 0.3 is 5.97 Å². The molecule has 9 rings (SSSR count). The van der Waals surface area contributed by atoms with Crippen LogP contribution >= 0.6 is 0 Å². The van der Waals surface area contributed by atoms with Gasteiger partial charge in [0.15, 0.2) is 17.3 Å². The van der Waals surface area contributed by atoms with Crippen molar-refractivity contribution in [1.29, 1.82) is 0 Å². The van der Waals surface area contributed by atoms with E-state index in [0.29, 0.717) is 35.7 Å². The number of allylic oxidation sites excluding steroid dienone is 1. The third kappa shape index (κ3) is 3.66. The fourth-order valence-corrected chi connectivity index (χ4v) is 9.17. The lowest BCUT2D eigenvalue weighted by molar-refractivity contribution is -0.161. The largest absolute Gasteiger partial charge is 0.493 e. The molecule has 4 saturated carbocycles. The van der Waals surface area contributed by atoms with Gasteiger partial charge < -0.3 is 14.8 Å². The summed E-state index contributed by atoms with van der Waals surface area (Å²) >= 11 is 0. The molecule has 3 aromatic carbocycles. The Morgan fingerprint density at radius 2 is 1.65 bits per heavy atom. The molecule has 4 fully saturated rings. The number of methoxy groups -OCH3 is 1. The Labute approximate surface area is 234 Å². The van der Waals surface area contributed by atoms with Gasteiger partial charge in [-0.2, -0.15) is 0 Å². The van der Waals surface area contributed by atoms with Crippen molar-refractivity contribution in [3.8, 4) is 11.5 Å². The molecule has 0 unspecified atom stereocenters. The smallest absolute Gasteiger partial charge is 0.317 e. The molecule has 5 aliphatic carbocycles. The second kappa shape index (κ2) is 8.95. The van der Waals surface area contributed by atoms with E-state index in [1.807, 2.05) is 18.2 Å². The second-order valence-corrected chi connectivity index (χ2v) is 13.0. The molecular formula is C35H35NO4. The molecule has 3 aromatic rings. The molecule has 0 radical (unpaired) electrons. The second-order valence-electron chi connectivity index (χ2n) is 13.0. The molecule has 1 heterocycles. The monoisotopic (exact) mass is 533 g/mol. The molecule has 0 saturated heterocycles. The van der Waals surface area contributed by atoms with Crippen LogP contribution < -0.4 is 14.8 Å². The van der Waals surface area contributed by atoms with Crippen LogP contribution in [-0.4, -0.2) is 18.9 Å². The van der Waals surface area contributed by atoms with Crippen molar-refractivity contribution in [2.75, 3.05) is 12.4 Å². The zero-order chi connectivity index (χ0) is 27.0. The molecule has 1 atom stereocenters. The highest BCUT2D eigenvalue weighted by molar-refractivity contribution is 6.12. The van der Waals surface area contributed by atoms with Gasteiger partial charge in [0, 0.05) is 23.2 Å². The van der Waals surface area contributed by atoms with Crippen LogP contribution in [0.2, 0.25) is 0 Å². The molecule has 6 aliphatic rings. The van der Waals surface area contributed by atoms with E-state index in [1.165, 1.54) is 30.0 Å². The molecule has 204 valence electrons. The summed E-state index contributed by atoms with van der Waals surface area (Å²) in [5, 5.41) is 6.05. The van der Waals surface area contributed by atoms with E-state index in [4.69, 9.17) is 9.47 Å². The van der Waals surface area contributed by atoms with Crippen molar-refractivity contribution in [3.05, 3.63) is 71.3 Å². The van der Waals surface area contributed by atoms with Crippen molar-refractivity contribution in [3.63, 3.8) is 0 Å². The van der Waals surface area contributed by atoms with Gasteiger partial charge in [-0.25, -0.2) is 0 Å². The maximum Gasteiger partial charge on any atom is 0.317 e. The molecule has 0 amide bonds. The number of ketones is 1. The normalized spacial score (nSPS) is 30.1. The predicted molar refractivity (Wildman–Crippen MR) is 155 cm³/mol. The van der Waals surface area contributed by atoms with E-state index >= 15 is 0 Å². The summed E-state index contributed by atoms with van der Waals surface area (Å²) in [4.78, 5) is 27.1. The van der Waals surface area contributed by atoms with Gasteiger partial charge in [0.2, 0.25) is 0 Å². The lowest BCUT2D eigenvalue weighted by Gasteiger charge is -2.55. The van der Waals surface area contributed by atoms with Gasteiger partial charge in [0.05, 0.1) is 18.6 Å². The number of carbonyl (C=O) groups excluding carboxylic acids is 2. The average Bonchev–Trinajstić information content (AvgIpc) is 2.96. The third-order valence-corrected chi connectivity index (χ3v) is 10.5. The van der Waals surface area contributed by atoms with Crippen LogP contribution in [0.4, 0.5) is 5.69 Å². The zero-order valence-electron chi connectivity index (χ0n) is 23.0. The summed E-state index contributed by atoms with van der Waals surface area (Å²) in [6.07, 6.45) is 9.09. The van der Waals surface area contributed by atoms with E-state index in [-0.39, 0.29) is 23.2 Å². The Morgan fingerprint density at radius 3 is 2.40 bits per heavy atom. The molecule has 1 aliphatic heterocycles. The van der Waals surface area contributed by atoms with Gasteiger partial charge in [-0.15, -0.1) is 0 Å². The Bertz CT molecular complexity index is 1560. The van der Waals surface area contributed by atoms with E-state index < -0.39 is 0 Å². The van der Waals surface area contributed by atoms with Crippen molar-refractivity contribution in [2.24, 2.45) is 23.2 Å². The number of benzene rings is 3. The number of esters is 1. The maximum absolute atomic E-state index is 13.7. The summed E-state index contributed by atoms with van der Waals surface area (Å²) in [6.45, 7) is 0. The quantitative estimate of drug-likeness (QED) is 0.276. The minimum Gasteiger partial charge on any atom is -0.493 e. The first-order valence-electron chi connectivity index (χ1n) is 15.0. The highest BCUT2D eigenvalue weighted by atomic mass is 16.6. The van der Waals surface area contributed by atoms with E-state index in [1.54, 1.807) is 7.11 Å².